The van der Waals surface area contributed by atoms with E-state index in [4.69, 9.17) is 0 Å². The minimum absolute atomic E-state index is 0.0670. The molecule has 0 aromatic rings. The van der Waals surface area contributed by atoms with E-state index in [1.165, 1.54) is 0 Å². The first kappa shape index (κ1) is 10.2. The van der Waals surface area contributed by atoms with Crippen molar-refractivity contribution in [1.29, 1.82) is 0 Å². The molecular weight excluding hydrogens is 196 g/mol. The Kier molecular flexibility index (Phi) is 2.69. The molecule has 2 aliphatic rings. The summed E-state index contributed by atoms with van der Waals surface area (Å²) < 4.78 is 0. The normalized spacial score (nSPS) is 37.8. The Morgan fingerprint density at radius 2 is 1.43 bits per heavy atom. The second kappa shape index (κ2) is 3.69. The largest absolute Gasteiger partial charge is 0.293 e. The highest BCUT2D eigenvalue weighted by Crippen LogP contribution is 2.39. The summed E-state index contributed by atoms with van der Waals surface area (Å²) in [5.41, 5.74) is 0. The molecule has 0 saturated heterocycles. The molecule has 2 fully saturated rings. The Morgan fingerprint density at radius 3 is 1.79 bits per heavy atom. The molecule has 2 aliphatic carbocycles. The van der Waals surface area contributed by atoms with Crippen LogP contribution >= 0.6 is 0 Å². The van der Waals surface area contributed by atoms with Crippen molar-refractivity contribution in [3.63, 3.8) is 0 Å². The standard InChI is InChI=1S/C11H17O2S/c1-14(2)11-9(12)7-5-3-4-6-8(7)10(11)13/h7-8,11H,3-6H2,1-2H3/q+1. The van der Waals surface area contributed by atoms with Crippen molar-refractivity contribution >= 4 is 22.5 Å². The average Bonchev–Trinajstić information content (AvgIpc) is 2.41. The van der Waals surface area contributed by atoms with Crippen molar-refractivity contribution in [3.05, 3.63) is 0 Å². The van der Waals surface area contributed by atoms with Crippen LogP contribution in [-0.4, -0.2) is 29.3 Å². The van der Waals surface area contributed by atoms with Crippen LogP contribution in [0.2, 0.25) is 0 Å². The van der Waals surface area contributed by atoms with Crippen molar-refractivity contribution in [3.8, 4) is 0 Å². The molecule has 78 valence electrons. The molecule has 0 heterocycles. The first-order valence-corrected chi connectivity index (χ1v) is 7.37. The number of hydrogen-bond donors (Lipinski definition) is 0. The second-order valence-corrected chi connectivity index (χ2v) is 6.79. The third-order valence-corrected chi connectivity index (χ3v) is 4.89. The zero-order valence-electron chi connectivity index (χ0n) is 8.79. The van der Waals surface area contributed by atoms with Crippen molar-refractivity contribution in [2.75, 3.05) is 12.5 Å². The summed E-state index contributed by atoms with van der Waals surface area (Å²) in [6, 6.07) is 0. The topological polar surface area (TPSA) is 34.1 Å². The van der Waals surface area contributed by atoms with Crippen molar-refractivity contribution in [2.45, 2.75) is 30.9 Å². The zero-order chi connectivity index (χ0) is 10.3. The zero-order valence-corrected chi connectivity index (χ0v) is 9.60. The van der Waals surface area contributed by atoms with E-state index in [-0.39, 0.29) is 39.5 Å². The average molecular weight is 213 g/mol. The van der Waals surface area contributed by atoms with Gasteiger partial charge in [-0.1, -0.05) is 12.8 Å². The first-order valence-electron chi connectivity index (χ1n) is 5.26. The van der Waals surface area contributed by atoms with E-state index < -0.39 is 0 Å². The molecule has 2 saturated carbocycles. The summed E-state index contributed by atoms with van der Waals surface area (Å²) in [5, 5.41) is -0.247. The van der Waals surface area contributed by atoms with Gasteiger partial charge in [-0.2, -0.15) is 0 Å². The molecule has 0 radical (unpaired) electrons. The van der Waals surface area contributed by atoms with Gasteiger partial charge < -0.3 is 0 Å². The van der Waals surface area contributed by atoms with E-state index in [0.29, 0.717) is 0 Å². The lowest BCUT2D eigenvalue weighted by atomic mass is 9.81. The van der Waals surface area contributed by atoms with Gasteiger partial charge in [0, 0.05) is 11.8 Å². The van der Waals surface area contributed by atoms with Gasteiger partial charge in [0.25, 0.3) is 0 Å². The van der Waals surface area contributed by atoms with Gasteiger partial charge in [0.05, 0.1) is 12.5 Å². The SMILES string of the molecule is C[S+](C)C1C(=O)C2CCCCC2C1=O. The monoisotopic (exact) mass is 213 g/mol. The quantitative estimate of drug-likeness (QED) is 0.484. The van der Waals surface area contributed by atoms with Crippen LogP contribution in [0.3, 0.4) is 0 Å². The molecule has 0 spiro atoms. The fraction of sp³-hybridized carbons (Fsp3) is 0.818. The minimum Gasteiger partial charge on any atom is -0.293 e. The van der Waals surface area contributed by atoms with E-state index in [0.717, 1.165) is 25.7 Å². The number of carbonyl (C=O) groups excluding carboxylic acids is 2. The van der Waals surface area contributed by atoms with Crippen LogP contribution in [0.25, 0.3) is 0 Å². The van der Waals surface area contributed by atoms with Crippen LogP contribution in [0, 0.1) is 11.8 Å². The Bertz CT molecular complexity index is 248. The summed E-state index contributed by atoms with van der Waals surface area (Å²) in [6.45, 7) is 0. The first-order chi connectivity index (χ1) is 6.63. The molecule has 0 aliphatic heterocycles. The minimum atomic E-state index is -0.247. The molecule has 0 aromatic heterocycles. The number of ketones is 2. The Balaban J connectivity index is 2.24. The van der Waals surface area contributed by atoms with E-state index in [1.54, 1.807) is 0 Å². The van der Waals surface area contributed by atoms with Gasteiger partial charge in [-0.15, -0.1) is 0 Å². The number of carbonyl (C=O) groups is 2. The second-order valence-electron chi connectivity index (χ2n) is 4.56. The van der Waals surface area contributed by atoms with Crippen LogP contribution in [0.1, 0.15) is 25.7 Å². The van der Waals surface area contributed by atoms with Gasteiger partial charge in [0.2, 0.25) is 5.25 Å². The number of hydrogen-bond acceptors (Lipinski definition) is 2. The fourth-order valence-corrected chi connectivity index (χ4v) is 4.08. The molecule has 2 rings (SSSR count). The van der Waals surface area contributed by atoms with Crippen LogP contribution in [0.5, 0.6) is 0 Å². The highest BCUT2D eigenvalue weighted by Gasteiger charge is 2.55. The van der Waals surface area contributed by atoms with Gasteiger partial charge in [-0.05, 0) is 23.7 Å². The third kappa shape index (κ3) is 1.42. The van der Waals surface area contributed by atoms with E-state index in [1.807, 2.05) is 12.5 Å². The molecule has 0 N–H and O–H groups in total. The van der Waals surface area contributed by atoms with Gasteiger partial charge in [0.15, 0.2) is 11.6 Å². The molecule has 0 amide bonds. The van der Waals surface area contributed by atoms with Crippen LogP contribution in [0.4, 0.5) is 0 Å². The molecule has 2 atom stereocenters. The molecule has 2 nitrogen and oxygen atoms in total. The number of rotatable bonds is 1. The van der Waals surface area contributed by atoms with Crippen molar-refractivity contribution < 1.29 is 9.59 Å². The molecule has 2 unspecified atom stereocenters. The highest BCUT2D eigenvalue weighted by atomic mass is 32.2. The fourth-order valence-electron chi connectivity index (χ4n) is 2.81. The molecular formula is C11H17O2S+. The van der Waals surface area contributed by atoms with E-state index in [9.17, 15) is 9.59 Å². The van der Waals surface area contributed by atoms with Gasteiger partial charge >= 0.3 is 0 Å². The molecule has 3 heteroatoms. The Hall–Kier alpha value is -0.310. The van der Waals surface area contributed by atoms with Gasteiger partial charge in [-0.25, -0.2) is 0 Å². The van der Waals surface area contributed by atoms with Crippen LogP contribution < -0.4 is 0 Å². The lowest BCUT2D eigenvalue weighted by molar-refractivity contribution is -0.122. The number of Topliss-reactive ketones (excluding diaryl/α,β-unsaturated/α-hetero) is 2. The lowest BCUT2D eigenvalue weighted by Gasteiger charge is -2.20. The maximum Gasteiger partial charge on any atom is 0.233 e. The predicted octanol–water partition coefficient (Wildman–Crippen LogP) is 1.19. The maximum atomic E-state index is 12.0. The number of fused-ring (bicyclic) bond motifs is 1. The summed E-state index contributed by atoms with van der Waals surface area (Å²) >= 11 is 0. The van der Waals surface area contributed by atoms with Crippen molar-refractivity contribution in [1.82, 2.24) is 0 Å². The molecule has 14 heavy (non-hydrogen) atoms. The maximum absolute atomic E-state index is 12.0. The summed E-state index contributed by atoms with van der Waals surface area (Å²) in [5.74, 6) is 0.702. The van der Waals surface area contributed by atoms with Crippen LogP contribution in [0.15, 0.2) is 0 Å². The summed E-state index contributed by atoms with van der Waals surface area (Å²) in [6.07, 6.45) is 8.21. The smallest absolute Gasteiger partial charge is 0.233 e. The van der Waals surface area contributed by atoms with E-state index in [2.05, 4.69) is 0 Å². The lowest BCUT2D eigenvalue weighted by Crippen LogP contribution is -2.31. The van der Waals surface area contributed by atoms with Gasteiger partial charge in [0.1, 0.15) is 0 Å². The van der Waals surface area contributed by atoms with Crippen LogP contribution in [-0.2, 0) is 20.5 Å². The third-order valence-electron chi connectivity index (χ3n) is 3.49. The summed E-state index contributed by atoms with van der Waals surface area (Å²) in [4.78, 5) is 24.0. The summed E-state index contributed by atoms with van der Waals surface area (Å²) in [7, 11) is -0.0670. The molecule has 0 bridgehead atoms. The Morgan fingerprint density at radius 1 is 1.00 bits per heavy atom. The van der Waals surface area contributed by atoms with E-state index >= 15 is 0 Å². The Labute approximate surface area is 87.8 Å². The van der Waals surface area contributed by atoms with Gasteiger partial charge in [-0.3, -0.25) is 9.59 Å². The highest BCUT2D eigenvalue weighted by molar-refractivity contribution is 7.97. The van der Waals surface area contributed by atoms with Crippen molar-refractivity contribution in [2.24, 2.45) is 11.8 Å². The molecule has 0 aromatic carbocycles. The predicted molar refractivity (Wildman–Crippen MR) is 58.5 cm³/mol.